The van der Waals surface area contributed by atoms with Gasteiger partial charge in [-0.15, -0.1) is 0 Å². The van der Waals surface area contributed by atoms with Crippen LogP contribution in [0.25, 0.3) is 17.0 Å². The van der Waals surface area contributed by atoms with Crippen LogP contribution in [0, 0.1) is 0 Å². The number of carbonyl (C=O) groups is 1. The molecule has 1 saturated heterocycles. The Morgan fingerprint density at radius 1 is 1.03 bits per heavy atom. The molecule has 1 fully saturated rings. The van der Waals surface area contributed by atoms with Crippen LogP contribution in [0.15, 0.2) is 53.1 Å². The third-order valence-electron chi connectivity index (χ3n) is 5.78. The van der Waals surface area contributed by atoms with E-state index in [1.165, 1.54) is 12.1 Å². The minimum Gasteiger partial charge on any atom is -0.388 e. The SMILES string of the molecule is O=C1C=C(c2cccc(-c3cc(CO)on3)c2)Nc2cc(N3CCOCC3)c(C(F)(F)F)cc2N1. The highest BCUT2D eigenvalue weighted by Gasteiger charge is 2.37. The molecule has 3 heterocycles. The van der Waals surface area contributed by atoms with E-state index in [0.717, 1.165) is 6.07 Å². The number of halogens is 3. The van der Waals surface area contributed by atoms with Crippen LogP contribution < -0.4 is 15.5 Å². The first-order valence-electron chi connectivity index (χ1n) is 10.9. The van der Waals surface area contributed by atoms with Gasteiger partial charge in [0, 0.05) is 30.8 Å². The van der Waals surface area contributed by atoms with Gasteiger partial charge < -0.3 is 29.9 Å². The molecule has 5 rings (SSSR count). The number of morpholine rings is 1. The summed E-state index contributed by atoms with van der Waals surface area (Å²) in [6.07, 6.45) is -3.31. The molecule has 0 radical (unpaired) electrons. The number of aliphatic hydroxyl groups is 1. The maximum Gasteiger partial charge on any atom is 0.418 e. The molecule has 1 aromatic heterocycles. The predicted octanol–water partition coefficient (Wildman–Crippen LogP) is 4.09. The second-order valence-electron chi connectivity index (χ2n) is 8.10. The number of rotatable bonds is 4. The molecule has 0 aliphatic carbocycles. The summed E-state index contributed by atoms with van der Waals surface area (Å²) in [5.41, 5.74) is 1.77. The summed E-state index contributed by atoms with van der Waals surface area (Å²) in [4.78, 5) is 14.2. The summed E-state index contributed by atoms with van der Waals surface area (Å²) in [7, 11) is 0. The van der Waals surface area contributed by atoms with Crippen molar-refractivity contribution >= 4 is 28.7 Å². The lowest BCUT2D eigenvalue weighted by Crippen LogP contribution is -2.37. The first-order valence-corrected chi connectivity index (χ1v) is 10.9. The van der Waals surface area contributed by atoms with Crippen LogP contribution in [-0.2, 0) is 22.3 Å². The molecule has 3 aromatic rings. The van der Waals surface area contributed by atoms with E-state index in [-0.39, 0.29) is 18.0 Å². The Kier molecular flexibility index (Phi) is 5.95. The third-order valence-corrected chi connectivity index (χ3v) is 5.78. The lowest BCUT2D eigenvalue weighted by atomic mass is 10.0. The van der Waals surface area contributed by atoms with Crippen LogP contribution in [0.4, 0.5) is 30.2 Å². The van der Waals surface area contributed by atoms with E-state index in [4.69, 9.17) is 9.26 Å². The molecule has 0 bridgehead atoms. The molecule has 0 unspecified atom stereocenters. The van der Waals surface area contributed by atoms with Crippen LogP contribution in [0.3, 0.4) is 0 Å². The highest BCUT2D eigenvalue weighted by molar-refractivity contribution is 6.10. The minimum absolute atomic E-state index is 0.0235. The van der Waals surface area contributed by atoms with Gasteiger partial charge in [0.15, 0.2) is 5.76 Å². The number of carbonyl (C=O) groups excluding carboxylic acids is 1. The number of anilines is 3. The molecule has 1 amide bonds. The average Bonchev–Trinajstić information content (AvgIpc) is 3.27. The number of nitrogens with zero attached hydrogens (tertiary/aromatic N) is 2. The first-order chi connectivity index (χ1) is 16.8. The fourth-order valence-electron chi connectivity index (χ4n) is 4.09. The summed E-state index contributed by atoms with van der Waals surface area (Å²) >= 11 is 0. The zero-order valence-corrected chi connectivity index (χ0v) is 18.4. The summed E-state index contributed by atoms with van der Waals surface area (Å²) in [5.74, 6) is -0.255. The Hall–Kier alpha value is -3.83. The highest BCUT2D eigenvalue weighted by Crippen LogP contribution is 2.43. The summed E-state index contributed by atoms with van der Waals surface area (Å²) in [6.45, 7) is 1.02. The molecular formula is C24H21F3N4O4. The number of hydrogen-bond donors (Lipinski definition) is 3. The van der Waals surface area contributed by atoms with E-state index in [1.54, 1.807) is 35.2 Å². The smallest absolute Gasteiger partial charge is 0.388 e. The predicted molar refractivity (Wildman–Crippen MR) is 123 cm³/mol. The lowest BCUT2D eigenvalue weighted by molar-refractivity contribution is -0.137. The second kappa shape index (κ2) is 9.08. The normalized spacial score (nSPS) is 16.2. The Morgan fingerprint density at radius 2 is 1.77 bits per heavy atom. The van der Waals surface area contributed by atoms with E-state index in [1.807, 2.05) is 0 Å². The molecule has 0 atom stereocenters. The largest absolute Gasteiger partial charge is 0.418 e. The van der Waals surface area contributed by atoms with Gasteiger partial charge in [0.2, 0.25) is 0 Å². The number of alkyl halides is 3. The van der Waals surface area contributed by atoms with Crippen molar-refractivity contribution in [2.75, 3.05) is 41.8 Å². The van der Waals surface area contributed by atoms with Crippen molar-refractivity contribution in [3.05, 3.63) is 65.4 Å². The standard InChI is InChI=1S/C24H21F3N4O4/c25-24(26,27)17-10-20-21(11-22(17)31-4-6-34-7-5-31)28-18(12-23(33)29-20)14-2-1-3-15(8-14)19-9-16(13-32)35-30-19/h1-3,8-12,28,32H,4-7,13H2,(H,29,33). The number of aliphatic hydroxyl groups excluding tert-OH is 1. The van der Waals surface area contributed by atoms with Crippen LogP contribution >= 0.6 is 0 Å². The van der Waals surface area contributed by atoms with Crippen LogP contribution in [0.5, 0.6) is 0 Å². The van der Waals surface area contributed by atoms with E-state index >= 15 is 0 Å². The van der Waals surface area contributed by atoms with E-state index in [2.05, 4.69) is 15.8 Å². The highest BCUT2D eigenvalue weighted by atomic mass is 19.4. The number of ether oxygens (including phenoxy) is 1. The lowest BCUT2D eigenvalue weighted by Gasteiger charge is -2.32. The zero-order chi connectivity index (χ0) is 24.6. The topological polar surface area (TPSA) is 99.9 Å². The second-order valence-corrected chi connectivity index (χ2v) is 8.10. The maximum absolute atomic E-state index is 13.9. The number of hydrogen-bond acceptors (Lipinski definition) is 7. The van der Waals surface area contributed by atoms with Crippen LogP contribution in [0.1, 0.15) is 16.9 Å². The molecule has 182 valence electrons. The molecule has 11 heteroatoms. The van der Waals surface area contributed by atoms with Crippen LogP contribution in [-0.4, -0.2) is 42.5 Å². The average molecular weight is 486 g/mol. The Bertz CT molecular complexity index is 1300. The van der Waals surface area contributed by atoms with Gasteiger partial charge in [-0.2, -0.15) is 13.2 Å². The molecule has 0 saturated carbocycles. The maximum atomic E-state index is 13.9. The van der Waals surface area contributed by atoms with E-state index < -0.39 is 17.6 Å². The van der Waals surface area contributed by atoms with Gasteiger partial charge in [0.25, 0.3) is 5.91 Å². The molecule has 35 heavy (non-hydrogen) atoms. The molecular weight excluding hydrogens is 465 g/mol. The van der Waals surface area contributed by atoms with Gasteiger partial charge in [0.1, 0.15) is 12.3 Å². The van der Waals surface area contributed by atoms with Crippen molar-refractivity contribution in [1.29, 1.82) is 0 Å². The Morgan fingerprint density at radius 3 is 2.49 bits per heavy atom. The number of nitrogens with one attached hydrogen (secondary N) is 2. The van der Waals surface area contributed by atoms with Gasteiger partial charge in [-0.25, -0.2) is 0 Å². The fourth-order valence-corrected chi connectivity index (χ4v) is 4.09. The van der Waals surface area contributed by atoms with Crippen molar-refractivity contribution in [2.24, 2.45) is 0 Å². The first kappa shape index (κ1) is 22.9. The van der Waals surface area contributed by atoms with Crippen LogP contribution in [0.2, 0.25) is 0 Å². The van der Waals surface area contributed by atoms with Crippen molar-refractivity contribution < 1.29 is 32.3 Å². The summed E-state index contributed by atoms with van der Waals surface area (Å²) in [5, 5.41) is 18.8. The van der Waals surface area contributed by atoms with Gasteiger partial charge in [-0.3, -0.25) is 4.79 Å². The molecule has 2 aromatic carbocycles. The fraction of sp³-hybridized carbons (Fsp3) is 0.250. The van der Waals surface area contributed by atoms with E-state index in [0.29, 0.717) is 60.3 Å². The quantitative estimate of drug-likeness (QED) is 0.511. The molecule has 0 spiro atoms. The van der Waals surface area contributed by atoms with Gasteiger partial charge >= 0.3 is 6.18 Å². The molecule has 2 aliphatic rings. The van der Waals surface area contributed by atoms with Crippen molar-refractivity contribution in [1.82, 2.24) is 5.16 Å². The monoisotopic (exact) mass is 486 g/mol. The summed E-state index contributed by atoms with van der Waals surface area (Å²) < 4.78 is 52.1. The Labute approximate surface area is 198 Å². The summed E-state index contributed by atoms with van der Waals surface area (Å²) in [6, 6.07) is 11.1. The number of aromatic nitrogens is 1. The van der Waals surface area contributed by atoms with Gasteiger partial charge in [-0.1, -0.05) is 23.4 Å². The molecule has 3 N–H and O–H groups in total. The van der Waals surface area contributed by atoms with Crippen molar-refractivity contribution in [3.63, 3.8) is 0 Å². The zero-order valence-electron chi connectivity index (χ0n) is 18.4. The minimum atomic E-state index is -4.60. The van der Waals surface area contributed by atoms with Gasteiger partial charge in [0.05, 0.1) is 41.5 Å². The molecule has 2 aliphatic heterocycles. The Balaban J connectivity index is 1.54. The van der Waals surface area contributed by atoms with Crippen molar-refractivity contribution in [2.45, 2.75) is 12.8 Å². The third kappa shape index (κ3) is 4.73. The number of amides is 1. The number of fused-ring (bicyclic) bond motifs is 1. The van der Waals surface area contributed by atoms with E-state index in [9.17, 15) is 23.1 Å². The number of benzene rings is 2. The van der Waals surface area contributed by atoms with Crippen molar-refractivity contribution in [3.8, 4) is 11.3 Å². The molecule has 8 nitrogen and oxygen atoms in total. The van der Waals surface area contributed by atoms with Gasteiger partial charge in [-0.05, 0) is 23.8 Å².